The van der Waals surface area contributed by atoms with Gasteiger partial charge in [-0.15, -0.1) is 0 Å². The van der Waals surface area contributed by atoms with Gasteiger partial charge in [-0.1, -0.05) is 17.7 Å². The van der Waals surface area contributed by atoms with Crippen LogP contribution < -0.4 is 10.6 Å². The molecule has 5 rings (SSSR count). The zero-order chi connectivity index (χ0) is 24.4. The SMILES string of the molecule is COCc1cc(C(=O)NC2CCN(C)C2)ccc1Nc1cncc(-c2cc3ccc(Cl)cc3[nH]2)n1. The van der Waals surface area contributed by atoms with E-state index in [2.05, 4.69) is 32.5 Å². The second kappa shape index (κ2) is 10.0. The molecule has 3 N–H and O–H groups in total. The molecule has 8 nitrogen and oxygen atoms in total. The van der Waals surface area contributed by atoms with Crippen LogP contribution in [-0.4, -0.2) is 59.0 Å². The summed E-state index contributed by atoms with van der Waals surface area (Å²) in [5.74, 6) is 0.512. The Morgan fingerprint density at radius 2 is 2.11 bits per heavy atom. The lowest BCUT2D eigenvalue weighted by molar-refractivity contribution is 0.0938. The van der Waals surface area contributed by atoms with E-state index in [-0.39, 0.29) is 11.9 Å². The van der Waals surface area contributed by atoms with Gasteiger partial charge >= 0.3 is 0 Å². The van der Waals surface area contributed by atoms with E-state index in [9.17, 15) is 4.79 Å². The van der Waals surface area contributed by atoms with Crippen LogP contribution in [0.15, 0.2) is 54.9 Å². The first-order valence-corrected chi connectivity index (χ1v) is 11.9. The van der Waals surface area contributed by atoms with Crippen molar-refractivity contribution in [3.05, 3.63) is 71.0 Å². The number of carbonyl (C=O) groups excluding carboxylic acids is 1. The number of halogens is 1. The highest BCUT2D eigenvalue weighted by atomic mass is 35.5. The number of hydrogen-bond donors (Lipinski definition) is 3. The van der Waals surface area contributed by atoms with Gasteiger partial charge in [0.25, 0.3) is 5.91 Å². The summed E-state index contributed by atoms with van der Waals surface area (Å²) in [6.07, 6.45) is 4.34. The number of likely N-dealkylation sites (N-methyl/N-ethyl adjacent to an activating group) is 1. The minimum Gasteiger partial charge on any atom is -0.380 e. The number of nitrogens with one attached hydrogen (secondary N) is 3. The Morgan fingerprint density at radius 3 is 2.91 bits per heavy atom. The van der Waals surface area contributed by atoms with Crippen LogP contribution in [0.5, 0.6) is 0 Å². The molecule has 1 unspecified atom stereocenters. The number of aromatic nitrogens is 3. The molecule has 1 saturated heterocycles. The van der Waals surface area contributed by atoms with Gasteiger partial charge in [-0.2, -0.15) is 0 Å². The number of anilines is 2. The molecule has 1 fully saturated rings. The first kappa shape index (κ1) is 23.3. The number of carbonyl (C=O) groups is 1. The van der Waals surface area contributed by atoms with Crippen molar-refractivity contribution in [1.29, 1.82) is 0 Å². The Morgan fingerprint density at radius 1 is 1.23 bits per heavy atom. The molecule has 4 aromatic rings. The summed E-state index contributed by atoms with van der Waals surface area (Å²) in [6, 6.07) is 13.5. The molecule has 1 amide bonds. The van der Waals surface area contributed by atoms with Crippen LogP contribution in [-0.2, 0) is 11.3 Å². The molecule has 0 saturated carbocycles. The van der Waals surface area contributed by atoms with Gasteiger partial charge in [-0.05, 0) is 56.4 Å². The molecule has 1 atom stereocenters. The van der Waals surface area contributed by atoms with Gasteiger partial charge in [0, 0.05) is 52.4 Å². The van der Waals surface area contributed by atoms with Gasteiger partial charge in [-0.3, -0.25) is 9.78 Å². The topological polar surface area (TPSA) is 95.2 Å². The Bertz CT molecular complexity index is 1370. The molecule has 0 spiro atoms. The summed E-state index contributed by atoms with van der Waals surface area (Å²) < 4.78 is 5.39. The van der Waals surface area contributed by atoms with Crippen molar-refractivity contribution in [2.45, 2.75) is 19.1 Å². The maximum atomic E-state index is 12.8. The molecule has 2 aromatic carbocycles. The summed E-state index contributed by atoms with van der Waals surface area (Å²) in [5, 5.41) is 8.17. The van der Waals surface area contributed by atoms with Gasteiger partial charge in [0.1, 0.15) is 11.5 Å². The van der Waals surface area contributed by atoms with Gasteiger partial charge in [0.2, 0.25) is 0 Å². The fraction of sp³-hybridized carbons (Fsp3) is 0.269. The van der Waals surface area contributed by atoms with Crippen LogP contribution in [0.1, 0.15) is 22.3 Å². The predicted octanol–water partition coefficient (Wildman–Crippen LogP) is 4.60. The van der Waals surface area contributed by atoms with E-state index in [4.69, 9.17) is 21.3 Å². The van der Waals surface area contributed by atoms with Crippen LogP contribution in [0.25, 0.3) is 22.3 Å². The van der Waals surface area contributed by atoms with Crippen molar-refractivity contribution in [1.82, 2.24) is 25.2 Å². The Balaban J connectivity index is 1.36. The standard InChI is InChI=1S/C26H27ClN6O2/c1-33-8-7-20(14-33)29-26(34)17-4-6-21(18(9-17)15-35-2)31-25-13-28-12-24(32-25)23-10-16-3-5-19(27)11-22(16)30-23/h3-6,9-13,20,30H,7-8,14-15H2,1-2H3,(H,29,34)(H,31,32). The number of methoxy groups -OCH3 is 1. The van der Waals surface area contributed by atoms with Crippen LogP contribution >= 0.6 is 11.6 Å². The molecule has 35 heavy (non-hydrogen) atoms. The number of H-pyrrole nitrogens is 1. The number of ether oxygens (including phenoxy) is 1. The second-order valence-electron chi connectivity index (χ2n) is 8.86. The van der Waals surface area contributed by atoms with E-state index in [0.29, 0.717) is 28.7 Å². The third-order valence-electron chi connectivity index (χ3n) is 6.15. The van der Waals surface area contributed by atoms with Gasteiger partial charge in [0.05, 0.1) is 24.7 Å². The average molecular weight is 491 g/mol. The Labute approximate surface area is 208 Å². The van der Waals surface area contributed by atoms with Crippen LogP contribution in [0.3, 0.4) is 0 Å². The first-order valence-electron chi connectivity index (χ1n) is 11.5. The number of nitrogens with zero attached hydrogens (tertiary/aromatic N) is 3. The lowest BCUT2D eigenvalue weighted by Gasteiger charge is -2.15. The number of hydrogen-bond acceptors (Lipinski definition) is 6. The highest BCUT2D eigenvalue weighted by molar-refractivity contribution is 6.31. The monoisotopic (exact) mass is 490 g/mol. The highest BCUT2D eigenvalue weighted by Crippen LogP contribution is 2.27. The summed E-state index contributed by atoms with van der Waals surface area (Å²) in [4.78, 5) is 27.5. The molecule has 0 bridgehead atoms. The molecule has 0 aliphatic carbocycles. The van der Waals surface area contributed by atoms with Crippen molar-refractivity contribution in [2.24, 2.45) is 0 Å². The largest absolute Gasteiger partial charge is 0.380 e. The van der Waals surface area contributed by atoms with E-state index in [1.54, 1.807) is 19.5 Å². The molecule has 1 aliphatic heterocycles. The molecule has 1 aliphatic rings. The van der Waals surface area contributed by atoms with E-state index < -0.39 is 0 Å². The predicted molar refractivity (Wildman–Crippen MR) is 138 cm³/mol. The first-order chi connectivity index (χ1) is 17.0. The van der Waals surface area contributed by atoms with Crippen LogP contribution in [0, 0.1) is 0 Å². The number of rotatable bonds is 7. The molecule has 0 radical (unpaired) electrons. The zero-order valence-corrected chi connectivity index (χ0v) is 20.4. The van der Waals surface area contributed by atoms with E-state index in [1.165, 1.54) is 0 Å². The Hall–Kier alpha value is -3.46. The van der Waals surface area contributed by atoms with E-state index in [1.807, 2.05) is 42.5 Å². The maximum Gasteiger partial charge on any atom is 0.251 e. The fourth-order valence-corrected chi connectivity index (χ4v) is 4.56. The molecular formula is C26H27ClN6O2. The number of aromatic amines is 1. The molecule has 180 valence electrons. The third kappa shape index (κ3) is 5.30. The second-order valence-corrected chi connectivity index (χ2v) is 9.29. The fourth-order valence-electron chi connectivity index (χ4n) is 4.38. The van der Waals surface area contributed by atoms with Gasteiger partial charge in [0.15, 0.2) is 0 Å². The number of fused-ring (bicyclic) bond motifs is 1. The van der Waals surface area contributed by atoms with Gasteiger partial charge < -0.3 is 25.3 Å². The minimum absolute atomic E-state index is 0.0742. The molecule has 3 heterocycles. The maximum absolute atomic E-state index is 12.8. The number of likely N-dealkylation sites (tertiary alicyclic amines) is 1. The van der Waals surface area contributed by atoms with Crippen molar-refractivity contribution in [2.75, 3.05) is 32.6 Å². The quantitative estimate of drug-likeness (QED) is 0.350. The zero-order valence-electron chi connectivity index (χ0n) is 19.6. The third-order valence-corrected chi connectivity index (χ3v) is 6.39. The highest BCUT2D eigenvalue weighted by Gasteiger charge is 2.22. The van der Waals surface area contributed by atoms with Crippen molar-refractivity contribution >= 4 is 39.9 Å². The van der Waals surface area contributed by atoms with E-state index >= 15 is 0 Å². The van der Waals surface area contributed by atoms with Gasteiger partial charge in [-0.25, -0.2) is 4.98 Å². The molecular weight excluding hydrogens is 464 g/mol. The average Bonchev–Trinajstić information content (AvgIpc) is 3.46. The lowest BCUT2D eigenvalue weighted by Crippen LogP contribution is -2.36. The van der Waals surface area contributed by atoms with Crippen molar-refractivity contribution in [3.8, 4) is 11.4 Å². The molecule has 2 aromatic heterocycles. The van der Waals surface area contributed by atoms with Crippen molar-refractivity contribution in [3.63, 3.8) is 0 Å². The van der Waals surface area contributed by atoms with E-state index in [0.717, 1.165) is 47.4 Å². The van der Waals surface area contributed by atoms with Crippen LogP contribution in [0.4, 0.5) is 11.5 Å². The summed E-state index contributed by atoms with van der Waals surface area (Å²) >= 11 is 6.11. The lowest BCUT2D eigenvalue weighted by atomic mass is 10.1. The van der Waals surface area contributed by atoms with Crippen LogP contribution in [0.2, 0.25) is 5.02 Å². The summed E-state index contributed by atoms with van der Waals surface area (Å²) in [6.45, 7) is 2.22. The summed E-state index contributed by atoms with van der Waals surface area (Å²) in [7, 11) is 3.70. The number of amides is 1. The Kier molecular flexibility index (Phi) is 6.68. The molecule has 9 heteroatoms. The minimum atomic E-state index is -0.0742. The smallest absolute Gasteiger partial charge is 0.251 e. The number of benzene rings is 2. The van der Waals surface area contributed by atoms with Crippen molar-refractivity contribution < 1.29 is 9.53 Å². The summed E-state index contributed by atoms with van der Waals surface area (Å²) in [5.41, 5.74) is 4.75. The normalized spacial score (nSPS) is 16.0.